The molecule has 1 saturated heterocycles. The molecule has 0 saturated carbocycles. The summed E-state index contributed by atoms with van der Waals surface area (Å²) >= 11 is 5.88. The highest BCUT2D eigenvalue weighted by atomic mass is 35.5. The van der Waals surface area contributed by atoms with Crippen molar-refractivity contribution in [3.63, 3.8) is 0 Å². The molecule has 7 heteroatoms. The maximum Gasteiger partial charge on any atom is 0.321 e. The summed E-state index contributed by atoms with van der Waals surface area (Å²) in [5, 5.41) is 3.27. The molecule has 0 aromatic heterocycles. The molecule has 126 valence electrons. The predicted octanol–water partition coefficient (Wildman–Crippen LogP) is 3.97. The van der Waals surface area contributed by atoms with E-state index in [2.05, 4.69) is 10.2 Å². The van der Waals surface area contributed by atoms with E-state index in [0.717, 1.165) is 17.8 Å². The molecule has 24 heavy (non-hydrogen) atoms. The minimum Gasteiger partial charge on any atom is -0.368 e. The Kier molecular flexibility index (Phi) is 4.85. The maximum atomic E-state index is 13.2. The highest BCUT2D eigenvalue weighted by molar-refractivity contribution is 6.30. The van der Waals surface area contributed by atoms with Gasteiger partial charge in [0.1, 0.15) is 0 Å². The number of hydrogen-bond acceptors (Lipinski definition) is 2. The number of nitrogens with one attached hydrogen (secondary N) is 1. The van der Waals surface area contributed by atoms with Gasteiger partial charge in [0, 0.05) is 48.6 Å². The van der Waals surface area contributed by atoms with Crippen LogP contribution in [0.15, 0.2) is 42.5 Å². The first-order valence-electron chi connectivity index (χ1n) is 7.54. The van der Waals surface area contributed by atoms with Gasteiger partial charge in [0.2, 0.25) is 0 Å². The van der Waals surface area contributed by atoms with Crippen LogP contribution in [0.4, 0.5) is 25.0 Å². The number of carbonyl (C=O) groups excluding carboxylic acids is 1. The van der Waals surface area contributed by atoms with E-state index in [0.29, 0.717) is 31.2 Å². The molecule has 1 aliphatic heterocycles. The molecule has 0 atom stereocenters. The molecule has 0 unspecified atom stereocenters. The Balaban J connectivity index is 1.56. The van der Waals surface area contributed by atoms with Gasteiger partial charge in [-0.2, -0.15) is 0 Å². The second kappa shape index (κ2) is 7.05. The SMILES string of the molecule is O=C(Nc1ccc(F)c(F)c1)N1CCN(c2ccc(Cl)cc2)CC1. The molecule has 2 aromatic rings. The fraction of sp³-hybridized carbons (Fsp3) is 0.235. The van der Waals surface area contributed by atoms with Gasteiger partial charge < -0.3 is 15.1 Å². The molecule has 1 aliphatic rings. The number of benzene rings is 2. The van der Waals surface area contributed by atoms with Gasteiger partial charge in [-0.3, -0.25) is 0 Å². The molecule has 0 spiro atoms. The van der Waals surface area contributed by atoms with Crippen molar-refractivity contribution in [2.45, 2.75) is 0 Å². The first-order valence-corrected chi connectivity index (χ1v) is 7.92. The molecule has 0 radical (unpaired) electrons. The third kappa shape index (κ3) is 3.76. The average Bonchev–Trinajstić information content (AvgIpc) is 2.59. The Hall–Kier alpha value is -2.34. The van der Waals surface area contributed by atoms with Crippen molar-refractivity contribution in [1.82, 2.24) is 4.90 Å². The largest absolute Gasteiger partial charge is 0.368 e. The topological polar surface area (TPSA) is 35.6 Å². The van der Waals surface area contributed by atoms with E-state index in [4.69, 9.17) is 11.6 Å². The first kappa shape index (κ1) is 16.5. The first-order chi connectivity index (χ1) is 11.5. The van der Waals surface area contributed by atoms with Crippen LogP contribution < -0.4 is 10.2 Å². The molecule has 1 heterocycles. The Morgan fingerprint density at radius 1 is 0.958 bits per heavy atom. The summed E-state index contributed by atoms with van der Waals surface area (Å²) in [5.41, 5.74) is 1.29. The molecule has 0 bridgehead atoms. The number of carbonyl (C=O) groups is 1. The number of rotatable bonds is 2. The van der Waals surface area contributed by atoms with Gasteiger partial charge in [0.15, 0.2) is 11.6 Å². The van der Waals surface area contributed by atoms with Crippen molar-refractivity contribution in [3.05, 3.63) is 59.1 Å². The van der Waals surface area contributed by atoms with E-state index >= 15 is 0 Å². The van der Waals surface area contributed by atoms with Crippen LogP contribution in [-0.4, -0.2) is 37.1 Å². The van der Waals surface area contributed by atoms with Gasteiger partial charge in [-0.15, -0.1) is 0 Å². The molecular formula is C17H16ClF2N3O. The van der Waals surface area contributed by atoms with Crippen molar-refractivity contribution < 1.29 is 13.6 Å². The van der Waals surface area contributed by atoms with Gasteiger partial charge in [-0.25, -0.2) is 13.6 Å². The summed E-state index contributed by atoms with van der Waals surface area (Å²) < 4.78 is 26.1. The Morgan fingerprint density at radius 3 is 2.25 bits per heavy atom. The molecule has 2 aromatic carbocycles. The lowest BCUT2D eigenvalue weighted by Crippen LogP contribution is -2.50. The third-order valence-electron chi connectivity index (χ3n) is 3.93. The van der Waals surface area contributed by atoms with Crippen LogP contribution in [0.1, 0.15) is 0 Å². The lowest BCUT2D eigenvalue weighted by Gasteiger charge is -2.36. The average molecular weight is 352 g/mol. The summed E-state index contributed by atoms with van der Waals surface area (Å²) in [6, 6.07) is 10.5. The standard InChI is InChI=1S/C17H16ClF2N3O/c18-12-1-4-14(5-2-12)22-7-9-23(10-8-22)17(24)21-13-3-6-15(19)16(20)11-13/h1-6,11H,7-10H2,(H,21,24). The zero-order chi connectivity index (χ0) is 17.1. The van der Waals surface area contributed by atoms with E-state index in [1.807, 2.05) is 24.3 Å². The van der Waals surface area contributed by atoms with Crippen LogP contribution in [-0.2, 0) is 0 Å². The van der Waals surface area contributed by atoms with Crippen LogP contribution in [0, 0.1) is 11.6 Å². The number of nitrogens with zero attached hydrogens (tertiary/aromatic N) is 2. The smallest absolute Gasteiger partial charge is 0.321 e. The Bertz CT molecular complexity index is 731. The maximum absolute atomic E-state index is 13.2. The summed E-state index contributed by atoms with van der Waals surface area (Å²) in [4.78, 5) is 16.0. The van der Waals surface area contributed by atoms with E-state index in [-0.39, 0.29) is 11.7 Å². The van der Waals surface area contributed by atoms with Gasteiger partial charge >= 0.3 is 6.03 Å². The molecule has 0 aliphatic carbocycles. The molecule has 1 N–H and O–H groups in total. The van der Waals surface area contributed by atoms with Gasteiger partial charge in [-0.05, 0) is 36.4 Å². The molecule has 1 fully saturated rings. The molecule has 2 amide bonds. The third-order valence-corrected chi connectivity index (χ3v) is 4.18. The van der Waals surface area contributed by atoms with E-state index < -0.39 is 11.6 Å². The number of amides is 2. The van der Waals surface area contributed by atoms with Crippen LogP contribution in [0.25, 0.3) is 0 Å². The number of anilines is 2. The fourth-order valence-corrected chi connectivity index (χ4v) is 2.72. The van der Waals surface area contributed by atoms with E-state index in [9.17, 15) is 13.6 Å². The zero-order valence-corrected chi connectivity index (χ0v) is 13.6. The predicted molar refractivity (Wildman–Crippen MR) is 90.6 cm³/mol. The fourth-order valence-electron chi connectivity index (χ4n) is 2.60. The Morgan fingerprint density at radius 2 is 1.62 bits per heavy atom. The van der Waals surface area contributed by atoms with Crippen molar-refractivity contribution in [2.24, 2.45) is 0 Å². The Labute approximate surface area is 143 Å². The van der Waals surface area contributed by atoms with Gasteiger partial charge in [0.25, 0.3) is 0 Å². The normalized spacial score (nSPS) is 14.6. The van der Waals surface area contributed by atoms with Crippen molar-refractivity contribution in [2.75, 3.05) is 36.4 Å². The van der Waals surface area contributed by atoms with Crippen LogP contribution in [0.2, 0.25) is 5.02 Å². The van der Waals surface area contributed by atoms with Crippen LogP contribution >= 0.6 is 11.6 Å². The lowest BCUT2D eigenvalue weighted by molar-refractivity contribution is 0.208. The van der Waals surface area contributed by atoms with Crippen LogP contribution in [0.5, 0.6) is 0 Å². The summed E-state index contributed by atoms with van der Waals surface area (Å²) in [6.07, 6.45) is 0. The van der Waals surface area contributed by atoms with Gasteiger partial charge in [-0.1, -0.05) is 11.6 Å². The van der Waals surface area contributed by atoms with Crippen molar-refractivity contribution in [1.29, 1.82) is 0 Å². The summed E-state index contributed by atoms with van der Waals surface area (Å²) in [5.74, 6) is -1.93. The van der Waals surface area contributed by atoms with Crippen molar-refractivity contribution >= 4 is 29.0 Å². The number of piperazine rings is 1. The molecule has 4 nitrogen and oxygen atoms in total. The van der Waals surface area contributed by atoms with Crippen LogP contribution in [0.3, 0.4) is 0 Å². The number of urea groups is 1. The monoisotopic (exact) mass is 351 g/mol. The molecule has 3 rings (SSSR count). The quantitative estimate of drug-likeness (QED) is 0.888. The molecular weight excluding hydrogens is 336 g/mol. The van der Waals surface area contributed by atoms with E-state index in [1.54, 1.807) is 4.90 Å². The highest BCUT2D eigenvalue weighted by Gasteiger charge is 2.21. The number of hydrogen-bond donors (Lipinski definition) is 1. The zero-order valence-electron chi connectivity index (χ0n) is 12.8. The highest BCUT2D eigenvalue weighted by Crippen LogP contribution is 2.20. The van der Waals surface area contributed by atoms with Crippen molar-refractivity contribution in [3.8, 4) is 0 Å². The minimum atomic E-state index is -0.986. The second-order valence-corrected chi connectivity index (χ2v) is 5.95. The summed E-state index contributed by atoms with van der Waals surface area (Å²) in [6.45, 7) is 2.45. The lowest BCUT2D eigenvalue weighted by atomic mass is 10.2. The summed E-state index contributed by atoms with van der Waals surface area (Å²) in [7, 11) is 0. The van der Waals surface area contributed by atoms with E-state index in [1.165, 1.54) is 6.07 Å². The number of halogens is 3. The van der Waals surface area contributed by atoms with Gasteiger partial charge in [0.05, 0.1) is 0 Å². The minimum absolute atomic E-state index is 0.235. The second-order valence-electron chi connectivity index (χ2n) is 5.51.